The van der Waals surface area contributed by atoms with Crippen LogP contribution in [0.5, 0.6) is 0 Å². The molecule has 1 fully saturated rings. The number of hydrogen-bond donors (Lipinski definition) is 0. The number of rotatable bonds is 3. The quantitative estimate of drug-likeness (QED) is 0.743. The SMILES string of the molecule is CO[C@@H]1C[C@@H](c2nncn2C)N(c2nsc3ccccc23)C1. The van der Waals surface area contributed by atoms with E-state index in [1.165, 1.54) is 21.6 Å². The number of aryl methyl sites for hydroxylation is 1. The fourth-order valence-electron chi connectivity index (χ4n) is 3.12. The molecule has 2 atom stereocenters. The highest BCUT2D eigenvalue weighted by Gasteiger charge is 2.37. The minimum atomic E-state index is 0.142. The average molecular weight is 315 g/mol. The molecule has 3 heterocycles. The maximum atomic E-state index is 5.60. The average Bonchev–Trinajstić information content (AvgIpc) is 3.23. The highest BCUT2D eigenvalue weighted by molar-refractivity contribution is 7.13. The van der Waals surface area contributed by atoms with Crippen molar-refractivity contribution in [1.82, 2.24) is 19.1 Å². The van der Waals surface area contributed by atoms with E-state index >= 15 is 0 Å². The second-order valence-corrected chi connectivity index (χ2v) is 6.37. The Hall–Kier alpha value is -1.99. The maximum absolute atomic E-state index is 5.60. The maximum Gasteiger partial charge on any atom is 0.155 e. The number of anilines is 1. The van der Waals surface area contributed by atoms with Crippen LogP contribution in [0.2, 0.25) is 0 Å². The smallest absolute Gasteiger partial charge is 0.155 e. The molecule has 1 aromatic carbocycles. The van der Waals surface area contributed by atoms with Crippen molar-refractivity contribution in [2.75, 3.05) is 18.6 Å². The van der Waals surface area contributed by atoms with Gasteiger partial charge in [-0.2, -0.15) is 4.37 Å². The van der Waals surface area contributed by atoms with Gasteiger partial charge in [0.2, 0.25) is 0 Å². The Morgan fingerprint density at radius 3 is 2.95 bits per heavy atom. The number of benzene rings is 1. The number of nitrogens with zero attached hydrogens (tertiary/aromatic N) is 5. The van der Waals surface area contributed by atoms with E-state index < -0.39 is 0 Å². The Morgan fingerprint density at radius 2 is 2.18 bits per heavy atom. The van der Waals surface area contributed by atoms with Gasteiger partial charge < -0.3 is 14.2 Å². The van der Waals surface area contributed by atoms with Crippen molar-refractivity contribution in [3.8, 4) is 0 Å². The fourth-order valence-corrected chi connectivity index (χ4v) is 3.91. The minimum Gasteiger partial charge on any atom is -0.380 e. The van der Waals surface area contributed by atoms with Crippen molar-refractivity contribution in [2.24, 2.45) is 7.05 Å². The Balaban J connectivity index is 1.79. The van der Waals surface area contributed by atoms with Gasteiger partial charge in [-0.25, -0.2) is 0 Å². The Bertz CT molecular complexity index is 798. The highest BCUT2D eigenvalue weighted by atomic mass is 32.1. The molecule has 1 aliphatic heterocycles. The van der Waals surface area contributed by atoms with Crippen LogP contribution in [0, 0.1) is 0 Å². The van der Waals surface area contributed by atoms with Crippen molar-refractivity contribution in [1.29, 1.82) is 0 Å². The molecule has 1 aliphatic rings. The standard InChI is InChI=1S/C15H17N5OS/c1-19-9-16-17-15(19)12-7-10(21-2)8-20(12)14-11-5-3-4-6-13(11)22-18-14/h3-6,9-10,12H,7-8H2,1-2H3/t10-,12+/m1/s1. The molecule has 0 amide bonds. The molecule has 22 heavy (non-hydrogen) atoms. The van der Waals surface area contributed by atoms with Gasteiger partial charge in [0.1, 0.15) is 6.33 Å². The van der Waals surface area contributed by atoms with Crippen LogP contribution in [0.25, 0.3) is 10.1 Å². The monoisotopic (exact) mass is 315 g/mol. The third-order valence-corrected chi connectivity index (χ3v) is 5.09. The van der Waals surface area contributed by atoms with Gasteiger partial charge in [0.15, 0.2) is 11.6 Å². The molecule has 1 saturated heterocycles. The number of fused-ring (bicyclic) bond motifs is 1. The first kappa shape index (κ1) is 13.7. The highest BCUT2D eigenvalue weighted by Crippen LogP contribution is 2.39. The minimum absolute atomic E-state index is 0.142. The predicted molar refractivity (Wildman–Crippen MR) is 86.1 cm³/mol. The van der Waals surface area contributed by atoms with Crippen LogP contribution >= 0.6 is 11.5 Å². The van der Waals surface area contributed by atoms with Crippen LogP contribution in [0.3, 0.4) is 0 Å². The first-order chi connectivity index (χ1) is 10.8. The van der Waals surface area contributed by atoms with Gasteiger partial charge >= 0.3 is 0 Å². The van der Waals surface area contributed by atoms with Gasteiger partial charge in [0.25, 0.3) is 0 Å². The molecule has 0 unspecified atom stereocenters. The second kappa shape index (κ2) is 5.33. The van der Waals surface area contributed by atoms with Crippen molar-refractivity contribution in [2.45, 2.75) is 18.6 Å². The van der Waals surface area contributed by atoms with E-state index in [9.17, 15) is 0 Å². The summed E-state index contributed by atoms with van der Waals surface area (Å²) in [6.07, 6.45) is 2.82. The van der Waals surface area contributed by atoms with Gasteiger partial charge in [-0.15, -0.1) is 10.2 Å². The fraction of sp³-hybridized carbons (Fsp3) is 0.400. The second-order valence-electron chi connectivity index (χ2n) is 5.56. The molecule has 0 radical (unpaired) electrons. The predicted octanol–water partition coefficient (Wildman–Crippen LogP) is 2.39. The summed E-state index contributed by atoms with van der Waals surface area (Å²) in [4.78, 5) is 2.30. The van der Waals surface area contributed by atoms with Gasteiger partial charge in [-0.1, -0.05) is 12.1 Å². The molecule has 0 saturated carbocycles. The van der Waals surface area contributed by atoms with Crippen LogP contribution in [0.4, 0.5) is 5.82 Å². The van der Waals surface area contributed by atoms with E-state index in [0.717, 1.165) is 24.6 Å². The van der Waals surface area contributed by atoms with Gasteiger partial charge in [-0.3, -0.25) is 0 Å². The molecule has 6 nitrogen and oxygen atoms in total. The topological polar surface area (TPSA) is 56.1 Å². The Labute approximate surface area is 132 Å². The van der Waals surface area contributed by atoms with Crippen LogP contribution in [0.1, 0.15) is 18.3 Å². The van der Waals surface area contributed by atoms with Crippen LogP contribution < -0.4 is 4.90 Å². The molecule has 0 spiro atoms. The largest absolute Gasteiger partial charge is 0.380 e. The zero-order valence-electron chi connectivity index (χ0n) is 12.5. The third-order valence-electron chi connectivity index (χ3n) is 4.27. The van der Waals surface area contributed by atoms with Crippen LogP contribution in [-0.4, -0.2) is 38.9 Å². The summed E-state index contributed by atoms with van der Waals surface area (Å²) in [6.45, 7) is 0.821. The van der Waals surface area contributed by atoms with E-state index in [2.05, 4.69) is 33.3 Å². The molecule has 0 aliphatic carbocycles. The summed E-state index contributed by atoms with van der Waals surface area (Å²) in [5, 5.41) is 9.51. The zero-order valence-corrected chi connectivity index (χ0v) is 13.3. The van der Waals surface area contributed by atoms with Gasteiger partial charge in [0, 0.05) is 32.5 Å². The van der Waals surface area contributed by atoms with Crippen molar-refractivity contribution in [3.05, 3.63) is 36.4 Å². The van der Waals surface area contributed by atoms with Crippen molar-refractivity contribution in [3.63, 3.8) is 0 Å². The first-order valence-corrected chi connectivity index (χ1v) is 8.03. The Morgan fingerprint density at radius 1 is 1.32 bits per heavy atom. The van der Waals surface area contributed by atoms with E-state index in [0.29, 0.717) is 0 Å². The number of methoxy groups -OCH3 is 1. The normalized spacial score (nSPS) is 21.8. The number of ether oxygens (including phenoxy) is 1. The summed E-state index contributed by atoms with van der Waals surface area (Å²) in [5.41, 5.74) is 0. The summed E-state index contributed by atoms with van der Waals surface area (Å²) >= 11 is 1.54. The lowest BCUT2D eigenvalue weighted by Crippen LogP contribution is -2.26. The summed E-state index contributed by atoms with van der Waals surface area (Å²) in [7, 11) is 3.74. The molecule has 2 aromatic heterocycles. The van der Waals surface area contributed by atoms with Crippen LogP contribution in [-0.2, 0) is 11.8 Å². The molecule has 0 N–H and O–H groups in total. The van der Waals surface area contributed by atoms with Crippen molar-refractivity contribution >= 4 is 27.4 Å². The lowest BCUT2D eigenvalue weighted by molar-refractivity contribution is 0.118. The van der Waals surface area contributed by atoms with Crippen LogP contribution in [0.15, 0.2) is 30.6 Å². The van der Waals surface area contributed by atoms with E-state index in [1.807, 2.05) is 17.7 Å². The van der Waals surface area contributed by atoms with Gasteiger partial charge in [-0.05, 0) is 23.7 Å². The molecular weight excluding hydrogens is 298 g/mol. The lowest BCUT2D eigenvalue weighted by Gasteiger charge is -2.23. The lowest BCUT2D eigenvalue weighted by atomic mass is 10.2. The van der Waals surface area contributed by atoms with E-state index in [-0.39, 0.29) is 12.1 Å². The molecule has 4 rings (SSSR count). The molecule has 3 aromatic rings. The van der Waals surface area contributed by atoms with E-state index in [4.69, 9.17) is 9.11 Å². The summed E-state index contributed by atoms with van der Waals surface area (Å²) < 4.78 is 13.5. The number of aromatic nitrogens is 4. The van der Waals surface area contributed by atoms with Gasteiger partial charge in [0.05, 0.1) is 16.8 Å². The molecular formula is C15H17N5OS. The summed E-state index contributed by atoms with van der Waals surface area (Å²) in [5.74, 6) is 1.98. The molecule has 0 bridgehead atoms. The molecule has 114 valence electrons. The third kappa shape index (κ3) is 2.08. The van der Waals surface area contributed by atoms with E-state index in [1.54, 1.807) is 13.4 Å². The first-order valence-electron chi connectivity index (χ1n) is 7.25. The van der Waals surface area contributed by atoms with Crippen molar-refractivity contribution < 1.29 is 4.74 Å². The summed E-state index contributed by atoms with van der Waals surface area (Å²) in [6, 6.07) is 8.48. The molecule has 7 heteroatoms. The number of hydrogen-bond acceptors (Lipinski definition) is 6. The Kier molecular flexibility index (Phi) is 3.31. The zero-order chi connectivity index (χ0) is 15.1.